The summed E-state index contributed by atoms with van der Waals surface area (Å²) in [5, 5.41) is 3.10. The Bertz CT molecular complexity index is 603. The fourth-order valence-electron chi connectivity index (χ4n) is 3.38. The zero-order chi connectivity index (χ0) is 19.7. The number of piperidine rings is 1. The topological polar surface area (TPSA) is 109 Å². The van der Waals surface area contributed by atoms with Crippen molar-refractivity contribution in [1.82, 2.24) is 14.9 Å². The van der Waals surface area contributed by atoms with Crippen molar-refractivity contribution < 1.29 is 22.7 Å². The molecule has 0 radical (unpaired) electrons. The van der Waals surface area contributed by atoms with Crippen LogP contribution in [-0.2, 0) is 24.3 Å². The van der Waals surface area contributed by atoms with Gasteiger partial charge in [0, 0.05) is 39.8 Å². The first kappa shape index (κ1) is 25.4. The summed E-state index contributed by atoms with van der Waals surface area (Å²) in [4.78, 5) is 17.9. The minimum atomic E-state index is -3.37. The number of hydrogen-bond acceptors (Lipinski definition) is 6. The van der Waals surface area contributed by atoms with Crippen LogP contribution < -0.4 is 10.0 Å². The third-order valence-corrected chi connectivity index (χ3v) is 6.35. The number of nitrogens with zero attached hydrogens (tertiary/aromatic N) is 2. The number of likely N-dealkylation sites (tertiary alicyclic amines) is 1. The van der Waals surface area contributed by atoms with Gasteiger partial charge in [0.15, 0.2) is 5.96 Å². The highest BCUT2D eigenvalue weighted by molar-refractivity contribution is 14.0. The number of rotatable bonds is 7. The molecule has 2 saturated heterocycles. The Morgan fingerprint density at radius 1 is 1.25 bits per heavy atom. The van der Waals surface area contributed by atoms with Crippen LogP contribution in [0.5, 0.6) is 0 Å². The molecular weight excluding hydrogens is 499 g/mol. The molecule has 2 fully saturated rings. The number of carbonyl (C=O) groups excluding carboxylic acids is 1. The van der Waals surface area contributed by atoms with E-state index in [0.717, 1.165) is 19.3 Å². The van der Waals surface area contributed by atoms with Gasteiger partial charge in [-0.05, 0) is 32.1 Å². The number of carbonyl (C=O) groups is 1. The Balaban J connectivity index is 0.00000392. The van der Waals surface area contributed by atoms with Crippen LogP contribution in [0.15, 0.2) is 4.99 Å². The van der Waals surface area contributed by atoms with Crippen molar-refractivity contribution >= 4 is 45.9 Å². The molecule has 0 saturated carbocycles. The number of guanidine groups is 1. The molecule has 2 aliphatic rings. The quantitative estimate of drug-likeness (QED) is 0.213. The van der Waals surface area contributed by atoms with Crippen LogP contribution in [0.1, 0.15) is 32.1 Å². The average Bonchev–Trinajstić information content (AvgIpc) is 2.70. The number of methoxy groups -OCH3 is 1. The summed E-state index contributed by atoms with van der Waals surface area (Å²) in [7, 11) is -0.291. The van der Waals surface area contributed by atoms with Crippen LogP contribution in [-0.4, -0.2) is 84.0 Å². The first-order valence-corrected chi connectivity index (χ1v) is 11.2. The van der Waals surface area contributed by atoms with Gasteiger partial charge in [-0.3, -0.25) is 9.79 Å². The number of esters is 1. The second-order valence-corrected chi connectivity index (χ2v) is 8.84. The molecule has 28 heavy (non-hydrogen) atoms. The standard InChI is InChI=1S/C17H32N4O5S.HI/c1-18-17(21-9-6-14(7-10-21)16(22)25-2)19-8-12-27(23,24)20-13-15-5-3-4-11-26-15;/h14-15,20H,3-13H2,1-2H3,(H,18,19);1H. The minimum Gasteiger partial charge on any atom is -0.469 e. The van der Waals surface area contributed by atoms with Gasteiger partial charge in [-0.2, -0.15) is 0 Å². The lowest BCUT2D eigenvalue weighted by atomic mass is 9.97. The van der Waals surface area contributed by atoms with Crippen molar-refractivity contribution in [1.29, 1.82) is 0 Å². The third kappa shape index (κ3) is 8.37. The van der Waals surface area contributed by atoms with Gasteiger partial charge in [-0.15, -0.1) is 24.0 Å². The molecule has 0 aromatic rings. The molecule has 2 rings (SSSR count). The van der Waals surface area contributed by atoms with E-state index in [9.17, 15) is 13.2 Å². The lowest BCUT2D eigenvalue weighted by molar-refractivity contribution is -0.146. The van der Waals surface area contributed by atoms with Crippen molar-refractivity contribution in [2.45, 2.75) is 38.2 Å². The molecular formula is C17H33IN4O5S. The maximum atomic E-state index is 12.2. The number of sulfonamides is 1. The van der Waals surface area contributed by atoms with Gasteiger partial charge >= 0.3 is 5.97 Å². The lowest BCUT2D eigenvalue weighted by Gasteiger charge is -2.33. The van der Waals surface area contributed by atoms with E-state index in [0.29, 0.717) is 45.0 Å². The first-order chi connectivity index (χ1) is 12.9. The van der Waals surface area contributed by atoms with Crippen LogP contribution in [0.25, 0.3) is 0 Å². The van der Waals surface area contributed by atoms with Crippen molar-refractivity contribution in [3.8, 4) is 0 Å². The van der Waals surface area contributed by atoms with E-state index in [1.807, 2.05) is 4.90 Å². The van der Waals surface area contributed by atoms with Gasteiger partial charge in [0.2, 0.25) is 10.0 Å². The lowest BCUT2D eigenvalue weighted by Crippen LogP contribution is -2.48. The molecule has 0 aromatic heterocycles. The second-order valence-electron chi connectivity index (χ2n) is 6.91. The monoisotopic (exact) mass is 532 g/mol. The molecule has 0 amide bonds. The maximum Gasteiger partial charge on any atom is 0.308 e. The Hall–Kier alpha value is -0.660. The molecule has 1 atom stereocenters. The number of aliphatic imine (C=N–C) groups is 1. The summed E-state index contributed by atoms with van der Waals surface area (Å²) in [5.74, 6) is 0.383. The normalized spacial score (nSPS) is 21.7. The van der Waals surface area contributed by atoms with Crippen molar-refractivity contribution in [2.75, 3.05) is 52.7 Å². The van der Waals surface area contributed by atoms with E-state index in [1.165, 1.54) is 7.11 Å². The highest BCUT2D eigenvalue weighted by atomic mass is 127. The summed E-state index contributed by atoms with van der Waals surface area (Å²) in [6.45, 7) is 2.67. The van der Waals surface area contributed by atoms with Crippen LogP contribution in [0.4, 0.5) is 0 Å². The molecule has 1 unspecified atom stereocenters. The molecule has 9 nitrogen and oxygen atoms in total. The maximum absolute atomic E-state index is 12.2. The average molecular weight is 532 g/mol. The SMILES string of the molecule is CN=C(NCCS(=O)(=O)NCC1CCCCO1)N1CCC(C(=O)OC)CC1.I. The molecule has 2 N–H and O–H groups in total. The first-order valence-electron chi connectivity index (χ1n) is 9.57. The van der Waals surface area contributed by atoms with E-state index >= 15 is 0 Å². The molecule has 164 valence electrons. The zero-order valence-electron chi connectivity index (χ0n) is 16.7. The summed E-state index contributed by atoms with van der Waals surface area (Å²) < 4.78 is 37.3. The van der Waals surface area contributed by atoms with Gasteiger partial charge in [-0.25, -0.2) is 13.1 Å². The van der Waals surface area contributed by atoms with Gasteiger partial charge in [0.1, 0.15) is 0 Å². The van der Waals surface area contributed by atoms with Gasteiger partial charge in [-0.1, -0.05) is 0 Å². The zero-order valence-corrected chi connectivity index (χ0v) is 19.8. The third-order valence-electron chi connectivity index (χ3n) is 5.00. The Kier molecular flexibility index (Phi) is 11.6. The van der Waals surface area contributed by atoms with Crippen molar-refractivity contribution in [2.24, 2.45) is 10.9 Å². The molecule has 0 spiro atoms. The van der Waals surface area contributed by atoms with Crippen molar-refractivity contribution in [3.63, 3.8) is 0 Å². The van der Waals surface area contributed by atoms with E-state index in [4.69, 9.17) is 9.47 Å². The largest absolute Gasteiger partial charge is 0.469 e. The molecule has 0 aliphatic carbocycles. The number of halogens is 1. The Labute approximate surface area is 185 Å². The van der Waals surface area contributed by atoms with Gasteiger partial charge < -0.3 is 19.7 Å². The summed E-state index contributed by atoms with van der Waals surface area (Å²) in [6, 6.07) is 0. The molecule has 2 aliphatic heterocycles. The summed E-state index contributed by atoms with van der Waals surface area (Å²) in [6.07, 6.45) is 4.41. The molecule has 2 heterocycles. The van der Waals surface area contributed by atoms with Crippen LogP contribution in [0.2, 0.25) is 0 Å². The predicted octanol–water partition coefficient (Wildman–Crippen LogP) is 0.553. The number of ether oxygens (including phenoxy) is 2. The second kappa shape index (κ2) is 12.8. The van der Waals surface area contributed by atoms with Crippen molar-refractivity contribution in [3.05, 3.63) is 0 Å². The minimum absolute atomic E-state index is 0. The Morgan fingerprint density at radius 3 is 2.54 bits per heavy atom. The molecule has 0 bridgehead atoms. The van der Waals surface area contributed by atoms with E-state index in [-0.39, 0.29) is 54.3 Å². The van der Waals surface area contributed by atoms with Crippen LogP contribution in [0, 0.1) is 5.92 Å². The van der Waals surface area contributed by atoms with E-state index < -0.39 is 10.0 Å². The Morgan fingerprint density at radius 2 is 1.96 bits per heavy atom. The predicted molar refractivity (Wildman–Crippen MR) is 118 cm³/mol. The number of nitrogens with one attached hydrogen (secondary N) is 2. The molecule has 0 aromatic carbocycles. The highest BCUT2D eigenvalue weighted by Crippen LogP contribution is 2.18. The van der Waals surface area contributed by atoms with E-state index in [1.54, 1.807) is 7.05 Å². The van der Waals surface area contributed by atoms with Gasteiger partial charge in [0.05, 0.1) is 24.9 Å². The highest BCUT2D eigenvalue weighted by Gasteiger charge is 2.27. The molecule has 11 heteroatoms. The number of hydrogen-bond donors (Lipinski definition) is 2. The van der Waals surface area contributed by atoms with Gasteiger partial charge in [0.25, 0.3) is 0 Å². The fourth-order valence-corrected chi connectivity index (χ4v) is 4.34. The summed E-state index contributed by atoms with van der Waals surface area (Å²) >= 11 is 0. The van der Waals surface area contributed by atoms with E-state index in [2.05, 4.69) is 15.0 Å². The summed E-state index contributed by atoms with van der Waals surface area (Å²) in [5.41, 5.74) is 0. The smallest absolute Gasteiger partial charge is 0.308 e. The van der Waals surface area contributed by atoms with Crippen LogP contribution >= 0.6 is 24.0 Å². The van der Waals surface area contributed by atoms with Crippen LogP contribution in [0.3, 0.4) is 0 Å². The fraction of sp³-hybridized carbons (Fsp3) is 0.882.